The van der Waals surface area contributed by atoms with Crippen LogP contribution in [0.4, 0.5) is 0 Å². The maximum absolute atomic E-state index is 12.2. The molecular weight excluding hydrogens is 234 g/mol. The van der Waals surface area contributed by atoms with Crippen LogP contribution in [0.3, 0.4) is 0 Å². The van der Waals surface area contributed by atoms with E-state index in [9.17, 15) is 4.79 Å². The zero-order chi connectivity index (χ0) is 14.0. The second-order valence-electron chi connectivity index (χ2n) is 4.82. The van der Waals surface area contributed by atoms with Crippen molar-refractivity contribution in [1.82, 2.24) is 4.98 Å². The van der Waals surface area contributed by atoms with Gasteiger partial charge in [-0.25, -0.2) is 0 Å². The number of ketones is 1. The Morgan fingerprint density at radius 2 is 2.16 bits per heavy atom. The first-order valence-electron chi connectivity index (χ1n) is 6.37. The molecule has 0 aliphatic rings. The lowest BCUT2D eigenvalue weighted by Crippen LogP contribution is -2.01. The summed E-state index contributed by atoms with van der Waals surface area (Å²) in [6, 6.07) is 7.96. The van der Waals surface area contributed by atoms with E-state index < -0.39 is 0 Å². The lowest BCUT2D eigenvalue weighted by molar-refractivity contribution is 0.103. The number of aromatic nitrogens is 1. The van der Waals surface area contributed by atoms with Gasteiger partial charge < -0.3 is 4.98 Å². The molecule has 0 aliphatic carbocycles. The summed E-state index contributed by atoms with van der Waals surface area (Å²) < 4.78 is 0. The molecule has 0 saturated carbocycles. The number of rotatable bonds is 3. The molecule has 1 N–H and O–H groups in total. The third-order valence-electron chi connectivity index (χ3n) is 3.25. The molecule has 0 radical (unpaired) electrons. The molecule has 0 atom stereocenters. The van der Waals surface area contributed by atoms with Gasteiger partial charge in [-0.15, -0.1) is 6.42 Å². The van der Waals surface area contributed by atoms with Crippen molar-refractivity contribution in [2.75, 3.05) is 0 Å². The van der Waals surface area contributed by atoms with Crippen LogP contribution < -0.4 is 0 Å². The third kappa shape index (κ3) is 2.32. The number of allylic oxidation sites excluding steroid dienone is 2. The highest BCUT2D eigenvalue weighted by Crippen LogP contribution is 2.26. The van der Waals surface area contributed by atoms with E-state index in [0.29, 0.717) is 17.2 Å². The van der Waals surface area contributed by atoms with Crippen molar-refractivity contribution in [1.29, 1.82) is 0 Å². The molecule has 2 rings (SSSR count). The average molecular weight is 251 g/mol. The monoisotopic (exact) mass is 251 g/mol. The topological polar surface area (TPSA) is 32.9 Å². The number of H-pyrrole nitrogens is 1. The maximum atomic E-state index is 12.2. The summed E-state index contributed by atoms with van der Waals surface area (Å²) in [5, 5.41) is 1.09. The molecule has 1 aromatic heterocycles. The van der Waals surface area contributed by atoms with Gasteiger partial charge in [-0.3, -0.25) is 4.79 Å². The molecule has 0 aliphatic heterocycles. The molecule has 1 aromatic carbocycles. The molecule has 0 unspecified atom stereocenters. The number of hydrogen-bond donors (Lipinski definition) is 1. The summed E-state index contributed by atoms with van der Waals surface area (Å²) >= 11 is 0. The zero-order valence-electron chi connectivity index (χ0n) is 11.4. The molecule has 0 spiro atoms. The highest BCUT2D eigenvalue weighted by molar-refractivity contribution is 6.12. The summed E-state index contributed by atoms with van der Waals surface area (Å²) in [7, 11) is 0. The van der Waals surface area contributed by atoms with Crippen LogP contribution in [0, 0.1) is 12.3 Å². The van der Waals surface area contributed by atoms with Gasteiger partial charge in [0.05, 0.1) is 11.3 Å². The van der Waals surface area contributed by atoms with Crippen molar-refractivity contribution in [2.45, 2.75) is 26.7 Å². The van der Waals surface area contributed by atoms with Gasteiger partial charge >= 0.3 is 0 Å². The summed E-state index contributed by atoms with van der Waals surface area (Å²) in [4.78, 5) is 15.4. The van der Waals surface area contributed by atoms with E-state index in [0.717, 1.165) is 10.9 Å². The van der Waals surface area contributed by atoms with Crippen molar-refractivity contribution in [2.24, 2.45) is 0 Å². The molecule has 2 nitrogen and oxygen atoms in total. The van der Waals surface area contributed by atoms with Crippen molar-refractivity contribution in [3.63, 3.8) is 0 Å². The standard InChI is InChI=1S/C17H17NO/c1-5-12(6-2)17(19)16-10-14-13(11(3)4)8-7-9-15(14)18-16/h1,6-11,18H,2-4H3/b12-6+. The number of benzene rings is 1. The van der Waals surface area contributed by atoms with Crippen LogP contribution in [0.5, 0.6) is 0 Å². The van der Waals surface area contributed by atoms with E-state index in [1.165, 1.54) is 5.56 Å². The quantitative estimate of drug-likeness (QED) is 0.498. The zero-order valence-corrected chi connectivity index (χ0v) is 11.4. The predicted molar refractivity (Wildman–Crippen MR) is 79.3 cm³/mol. The minimum atomic E-state index is -0.129. The van der Waals surface area contributed by atoms with E-state index in [-0.39, 0.29) is 5.78 Å². The molecule has 2 heteroatoms. The van der Waals surface area contributed by atoms with Crippen LogP contribution in [0.15, 0.2) is 35.9 Å². The van der Waals surface area contributed by atoms with Crippen molar-refractivity contribution < 1.29 is 4.79 Å². The van der Waals surface area contributed by atoms with Crippen LogP contribution in [0.25, 0.3) is 10.9 Å². The highest BCUT2D eigenvalue weighted by Gasteiger charge is 2.14. The Morgan fingerprint density at radius 1 is 1.42 bits per heavy atom. The Balaban J connectivity index is 2.57. The van der Waals surface area contributed by atoms with Gasteiger partial charge in [0, 0.05) is 10.9 Å². The van der Waals surface area contributed by atoms with Gasteiger partial charge in [-0.05, 0) is 30.5 Å². The molecule has 0 fully saturated rings. The summed E-state index contributed by atoms with van der Waals surface area (Å²) in [5.41, 5.74) is 3.14. The number of aromatic amines is 1. The van der Waals surface area contributed by atoms with Crippen molar-refractivity contribution in [3.8, 4) is 12.3 Å². The van der Waals surface area contributed by atoms with Crippen LogP contribution in [0.1, 0.15) is 42.7 Å². The summed E-state index contributed by atoms with van der Waals surface area (Å²) in [5.74, 6) is 2.71. The van der Waals surface area contributed by atoms with Crippen LogP contribution in [0.2, 0.25) is 0 Å². The molecule has 19 heavy (non-hydrogen) atoms. The Morgan fingerprint density at radius 3 is 2.74 bits per heavy atom. The fourth-order valence-corrected chi connectivity index (χ4v) is 2.23. The summed E-state index contributed by atoms with van der Waals surface area (Å²) in [6.07, 6.45) is 7.00. The minimum absolute atomic E-state index is 0.129. The van der Waals surface area contributed by atoms with Crippen molar-refractivity contribution in [3.05, 3.63) is 47.2 Å². The first-order valence-corrected chi connectivity index (χ1v) is 6.37. The van der Waals surface area contributed by atoms with Crippen LogP contribution in [-0.4, -0.2) is 10.8 Å². The van der Waals surface area contributed by atoms with E-state index in [4.69, 9.17) is 6.42 Å². The first kappa shape index (κ1) is 13.2. The average Bonchev–Trinajstić information content (AvgIpc) is 2.83. The Kier molecular flexibility index (Phi) is 3.57. The Hall–Kier alpha value is -2.27. The van der Waals surface area contributed by atoms with Gasteiger partial charge in [-0.2, -0.15) is 0 Å². The van der Waals surface area contributed by atoms with Gasteiger partial charge in [0.1, 0.15) is 0 Å². The van der Waals surface area contributed by atoms with Crippen molar-refractivity contribution >= 4 is 16.7 Å². The normalized spacial score (nSPS) is 11.8. The SMILES string of the molecule is C#C/C(=C\C)C(=O)c1cc2c(C(C)C)cccc2[nH]1. The first-order chi connectivity index (χ1) is 9.08. The molecule has 96 valence electrons. The molecule has 0 amide bonds. The van der Waals surface area contributed by atoms with Crippen LogP contribution in [-0.2, 0) is 0 Å². The van der Waals surface area contributed by atoms with Gasteiger partial charge in [0.25, 0.3) is 0 Å². The third-order valence-corrected chi connectivity index (χ3v) is 3.25. The van der Waals surface area contributed by atoms with E-state index in [2.05, 4.69) is 30.8 Å². The highest BCUT2D eigenvalue weighted by atomic mass is 16.1. The second kappa shape index (κ2) is 5.16. The largest absolute Gasteiger partial charge is 0.352 e. The molecule has 2 aromatic rings. The second-order valence-corrected chi connectivity index (χ2v) is 4.82. The maximum Gasteiger partial charge on any atom is 0.217 e. The molecule has 0 saturated heterocycles. The number of hydrogen-bond acceptors (Lipinski definition) is 1. The fraction of sp³-hybridized carbons (Fsp3) is 0.235. The smallest absolute Gasteiger partial charge is 0.217 e. The lowest BCUT2D eigenvalue weighted by Gasteiger charge is -2.05. The molecular formula is C17H17NO. The van der Waals surface area contributed by atoms with E-state index >= 15 is 0 Å². The predicted octanol–water partition coefficient (Wildman–Crippen LogP) is 4.05. The minimum Gasteiger partial charge on any atom is -0.352 e. The lowest BCUT2D eigenvalue weighted by atomic mass is 9.99. The fourth-order valence-electron chi connectivity index (χ4n) is 2.23. The number of carbonyl (C=O) groups excluding carboxylic acids is 1. The Bertz CT molecular complexity index is 696. The molecule has 0 bridgehead atoms. The number of carbonyl (C=O) groups is 1. The molecule has 1 heterocycles. The van der Waals surface area contributed by atoms with Gasteiger partial charge in [-0.1, -0.05) is 38.0 Å². The van der Waals surface area contributed by atoms with E-state index in [1.807, 2.05) is 18.2 Å². The van der Waals surface area contributed by atoms with Crippen LogP contribution >= 0.6 is 0 Å². The number of terminal acetylenes is 1. The van der Waals surface area contributed by atoms with Gasteiger partial charge in [0.2, 0.25) is 5.78 Å². The van der Waals surface area contributed by atoms with E-state index in [1.54, 1.807) is 13.0 Å². The number of nitrogens with one attached hydrogen (secondary N) is 1. The number of fused-ring (bicyclic) bond motifs is 1. The Labute approximate surface area is 113 Å². The van der Waals surface area contributed by atoms with Gasteiger partial charge in [0.15, 0.2) is 0 Å². The number of Topliss-reactive ketones (excluding diaryl/α,β-unsaturated/α-hetero) is 1. The summed E-state index contributed by atoms with van der Waals surface area (Å²) in [6.45, 7) is 6.06.